The van der Waals surface area contributed by atoms with Crippen molar-refractivity contribution in [3.63, 3.8) is 0 Å². The number of rotatable bonds is 4. The van der Waals surface area contributed by atoms with Crippen molar-refractivity contribution in [2.45, 2.75) is 5.37 Å². The molecule has 27 heavy (non-hydrogen) atoms. The van der Waals surface area contributed by atoms with Crippen LogP contribution >= 0.6 is 27.7 Å². The summed E-state index contributed by atoms with van der Waals surface area (Å²) >= 11 is 4.89. The summed E-state index contributed by atoms with van der Waals surface area (Å²) in [5.41, 5.74) is 0.235. The van der Waals surface area contributed by atoms with Crippen molar-refractivity contribution in [3.05, 3.63) is 57.3 Å². The Morgan fingerprint density at radius 3 is 2.56 bits per heavy atom. The van der Waals surface area contributed by atoms with Crippen LogP contribution in [0, 0.1) is 17.5 Å². The van der Waals surface area contributed by atoms with Gasteiger partial charge in [-0.25, -0.2) is 8.78 Å². The molecule has 1 aliphatic heterocycles. The van der Waals surface area contributed by atoms with E-state index in [2.05, 4.69) is 20.7 Å². The van der Waals surface area contributed by atoms with Gasteiger partial charge in [0.1, 0.15) is 11.1 Å². The monoisotopic (exact) mass is 461 g/mol. The molecule has 2 aromatic carbocycles. The topological polar surface area (TPSA) is 38.8 Å². The standard InChI is InChI=1S/C18H15BrF3NO3S/c1-25-13-4-3-9(7-11(13)19)18-23(5-6-27-18)17(24)10-8-12(20)15(22)16(26-2)14(10)21/h3-4,7-8,18H,5-6H2,1-2H3. The average Bonchev–Trinajstić information content (AvgIpc) is 3.14. The molecule has 1 fully saturated rings. The molecule has 0 radical (unpaired) electrons. The summed E-state index contributed by atoms with van der Waals surface area (Å²) in [6, 6.07) is 5.93. The van der Waals surface area contributed by atoms with Gasteiger partial charge in [0.15, 0.2) is 17.4 Å². The number of nitrogens with zero attached hydrogens (tertiary/aromatic N) is 1. The number of benzene rings is 2. The number of halogens is 4. The average molecular weight is 462 g/mol. The number of hydrogen-bond acceptors (Lipinski definition) is 4. The quantitative estimate of drug-likeness (QED) is 0.614. The number of methoxy groups -OCH3 is 2. The van der Waals surface area contributed by atoms with Crippen LogP contribution in [0.15, 0.2) is 28.7 Å². The Morgan fingerprint density at radius 2 is 1.93 bits per heavy atom. The number of amides is 1. The molecule has 0 N–H and O–H groups in total. The van der Waals surface area contributed by atoms with Gasteiger partial charge in [-0.2, -0.15) is 4.39 Å². The molecule has 0 spiro atoms. The fraction of sp³-hybridized carbons (Fsp3) is 0.278. The molecular formula is C18H15BrF3NO3S. The largest absolute Gasteiger partial charge is 0.496 e. The van der Waals surface area contributed by atoms with Gasteiger partial charge in [-0.3, -0.25) is 4.79 Å². The van der Waals surface area contributed by atoms with Crippen LogP contribution in [0.2, 0.25) is 0 Å². The third-order valence-electron chi connectivity index (χ3n) is 4.16. The summed E-state index contributed by atoms with van der Waals surface area (Å²) in [4.78, 5) is 14.3. The van der Waals surface area contributed by atoms with Crippen LogP contribution in [0.1, 0.15) is 21.3 Å². The van der Waals surface area contributed by atoms with Crippen molar-refractivity contribution in [2.24, 2.45) is 0 Å². The highest BCUT2D eigenvalue weighted by atomic mass is 79.9. The number of carbonyl (C=O) groups excluding carboxylic acids is 1. The van der Waals surface area contributed by atoms with Crippen molar-refractivity contribution < 1.29 is 27.4 Å². The summed E-state index contributed by atoms with van der Waals surface area (Å²) in [5, 5.41) is -0.391. The van der Waals surface area contributed by atoms with Crippen LogP contribution in [-0.2, 0) is 0 Å². The molecule has 1 unspecified atom stereocenters. The van der Waals surface area contributed by atoms with E-state index in [0.717, 1.165) is 12.7 Å². The van der Waals surface area contributed by atoms with E-state index in [1.54, 1.807) is 19.2 Å². The molecule has 4 nitrogen and oxygen atoms in total. The van der Waals surface area contributed by atoms with Gasteiger partial charge in [-0.05, 0) is 39.7 Å². The first kappa shape index (κ1) is 19.9. The van der Waals surface area contributed by atoms with E-state index in [1.165, 1.54) is 16.7 Å². The predicted molar refractivity (Wildman–Crippen MR) is 99.8 cm³/mol. The maximum absolute atomic E-state index is 14.5. The van der Waals surface area contributed by atoms with Crippen LogP contribution in [0.25, 0.3) is 0 Å². The van der Waals surface area contributed by atoms with Gasteiger partial charge in [0.25, 0.3) is 5.91 Å². The zero-order chi connectivity index (χ0) is 19.7. The molecule has 1 aliphatic rings. The SMILES string of the molecule is COc1ccc(C2SCCN2C(=O)c2cc(F)c(F)c(OC)c2F)cc1Br. The zero-order valence-electron chi connectivity index (χ0n) is 14.4. The van der Waals surface area contributed by atoms with Crippen LogP contribution in [0.3, 0.4) is 0 Å². The fourth-order valence-electron chi connectivity index (χ4n) is 2.86. The number of carbonyl (C=O) groups is 1. The molecule has 1 amide bonds. The smallest absolute Gasteiger partial charge is 0.258 e. The molecule has 0 aliphatic carbocycles. The van der Waals surface area contributed by atoms with Gasteiger partial charge < -0.3 is 14.4 Å². The maximum atomic E-state index is 14.5. The maximum Gasteiger partial charge on any atom is 0.258 e. The Labute approximate surface area is 166 Å². The highest BCUT2D eigenvalue weighted by molar-refractivity contribution is 9.10. The fourth-order valence-corrected chi connectivity index (χ4v) is 4.66. The Balaban J connectivity index is 1.97. The number of hydrogen-bond donors (Lipinski definition) is 0. The molecule has 2 aromatic rings. The molecule has 0 bridgehead atoms. The summed E-state index contributed by atoms with van der Waals surface area (Å²) in [5.74, 6) is -4.39. The van der Waals surface area contributed by atoms with Crippen molar-refractivity contribution >= 4 is 33.6 Å². The molecule has 1 heterocycles. The number of ether oxygens (including phenoxy) is 2. The highest BCUT2D eigenvalue weighted by Crippen LogP contribution is 2.41. The molecule has 9 heteroatoms. The number of thioether (sulfide) groups is 1. The first-order valence-corrected chi connectivity index (χ1v) is 9.70. The third-order valence-corrected chi connectivity index (χ3v) is 6.04. The Morgan fingerprint density at radius 1 is 1.19 bits per heavy atom. The van der Waals surface area contributed by atoms with E-state index in [-0.39, 0.29) is 0 Å². The van der Waals surface area contributed by atoms with E-state index >= 15 is 0 Å². The second kappa shape index (κ2) is 8.02. The zero-order valence-corrected chi connectivity index (χ0v) is 16.8. The second-order valence-electron chi connectivity index (χ2n) is 5.68. The van der Waals surface area contributed by atoms with Crippen LogP contribution in [-0.4, -0.2) is 37.3 Å². The van der Waals surface area contributed by atoms with Crippen LogP contribution in [0.5, 0.6) is 11.5 Å². The lowest BCUT2D eigenvalue weighted by molar-refractivity contribution is 0.0753. The molecular weight excluding hydrogens is 447 g/mol. The normalized spacial score (nSPS) is 16.5. The van der Waals surface area contributed by atoms with Crippen molar-refractivity contribution in [1.29, 1.82) is 0 Å². The van der Waals surface area contributed by atoms with Gasteiger partial charge in [0.05, 0.1) is 24.3 Å². The van der Waals surface area contributed by atoms with Crippen molar-refractivity contribution in [1.82, 2.24) is 4.90 Å². The van der Waals surface area contributed by atoms with Crippen molar-refractivity contribution in [3.8, 4) is 11.5 Å². The lowest BCUT2D eigenvalue weighted by Gasteiger charge is -2.25. The van der Waals surface area contributed by atoms with Gasteiger partial charge in [-0.15, -0.1) is 11.8 Å². The van der Waals surface area contributed by atoms with Gasteiger partial charge in [-0.1, -0.05) is 6.07 Å². The molecule has 3 rings (SSSR count). The first-order valence-electron chi connectivity index (χ1n) is 7.86. The molecule has 0 aromatic heterocycles. The van der Waals surface area contributed by atoms with Gasteiger partial charge >= 0.3 is 0 Å². The van der Waals surface area contributed by atoms with E-state index in [4.69, 9.17) is 4.74 Å². The summed E-state index contributed by atoms with van der Waals surface area (Å²) in [6.45, 7) is 0.346. The predicted octanol–water partition coefficient (Wildman–Crippen LogP) is 4.77. The van der Waals surface area contributed by atoms with E-state index in [1.807, 2.05) is 6.07 Å². The second-order valence-corrected chi connectivity index (χ2v) is 7.73. The summed E-state index contributed by atoms with van der Waals surface area (Å²) in [6.07, 6.45) is 0. The minimum absolute atomic E-state index is 0.346. The van der Waals surface area contributed by atoms with Crippen LogP contribution in [0.4, 0.5) is 13.2 Å². The summed E-state index contributed by atoms with van der Waals surface area (Å²) in [7, 11) is 2.55. The van der Waals surface area contributed by atoms with Crippen LogP contribution < -0.4 is 9.47 Å². The molecule has 144 valence electrons. The van der Waals surface area contributed by atoms with Crippen molar-refractivity contribution in [2.75, 3.05) is 26.5 Å². The Bertz CT molecular complexity index is 897. The first-order chi connectivity index (χ1) is 12.9. The minimum Gasteiger partial charge on any atom is -0.496 e. The van der Waals surface area contributed by atoms with Gasteiger partial charge in [0, 0.05) is 12.3 Å². The highest BCUT2D eigenvalue weighted by Gasteiger charge is 2.34. The van der Waals surface area contributed by atoms with E-state index in [0.29, 0.717) is 28.6 Å². The lowest BCUT2D eigenvalue weighted by atomic mass is 10.1. The molecule has 1 saturated heterocycles. The van der Waals surface area contributed by atoms with E-state index < -0.39 is 40.0 Å². The Hall–Kier alpha value is -1.87. The molecule has 0 saturated carbocycles. The third kappa shape index (κ3) is 3.62. The molecule has 1 atom stereocenters. The van der Waals surface area contributed by atoms with E-state index in [9.17, 15) is 18.0 Å². The summed E-state index contributed by atoms with van der Waals surface area (Å²) < 4.78 is 52.4. The minimum atomic E-state index is -1.46. The lowest BCUT2D eigenvalue weighted by Crippen LogP contribution is -2.31. The van der Waals surface area contributed by atoms with Gasteiger partial charge in [0.2, 0.25) is 5.82 Å². The Kier molecular flexibility index (Phi) is 5.90.